The highest BCUT2D eigenvalue weighted by molar-refractivity contribution is 6.49. The van der Waals surface area contributed by atoms with Gasteiger partial charge in [-0.2, -0.15) is 0 Å². The van der Waals surface area contributed by atoms with Crippen LogP contribution in [0.15, 0.2) is 218 Å². The van der Waals surface area contributed by atoms with E-state index in [0.29, 0.717) is 0 Å². The Bertz CT molecular complexity index is 5380. The number of benzene rings is 15. The number of hydrogen-bond donors (Lipinski definition) is 0. The van der Waals surface area contributed by atoms with Crippen molar-refractivity contribution in [1.29, 1.82) is 0 Å². The Labute approximate surface area is 451 Å². The molecule has 0 saturated carbocycles. The van der Waals surface area contributed by atoms with E-state index < -0.39 is 0 Å². The van der Waals surface area contributed by atoms with Crippen LogP contribution in [0.1, 0.15) is 22.3 Å². The van der Waals surface area contributed by atoms with Crippen LogP contribution in [0.2, 0.25) is 0 Å². The van der Waals surface area contributed by atoms with Crippen LogP contribution < -0.4 is 0 Å². The third-order valence-corrected chi connectivity index (χ3v) is 18.8. The molecule has 0 bridgehead atoms. The van der Waals surface area contributed by atoms with Crippen molar-refractivity contribution in [2.45, 2.75) is 27.7 Å². The summed E-state index contributed by atoms with van der Waals surface area (Å²) in [6.45, 7) is 9.15. The monoisotopic (exact) mass is 984 g/mol. The Balaban J connectivity index is 1.03. The maximum absolute atomic E-state index is 2.57. The van der Waals surface area contributed by atoms with Crippen molar-refractivity contribution in [3.05, 3.63) is 241 Å². The first-order valence-electron chi connectivity index (χ1n) is 27.7. The standard InChI is InChI=1S/C78H48/c1-41-18-5-9-22-45(41)66-52-28-15-16-29-53(52)67(46-23-10-6-19-42(46)2)76-60-37-33-55-57-35-39-62-72-61(38-34-56(70(57)72)54-32-36-59(75(66)76)71(60)69(54)55)77-68(47-24-11-7-20-43(47)3)64-40-63-50-27-14-13-26-49(50)51-30-17-31-58(65(51)63)73(64)74(78(62)77)48-25-12-8-21-44(48)4/h5-40H,1-4H3. The first-order chi connectivity index (χ1) is 38.4. The Hall–Kier alpha value is -9.62. The number of fused-ring (bicyclic) bond motifs is 14. The number of hydrogen-bond acceptors (Lipinski definition) is 0. The van der Waals surface area contributed by atoms with Crippen molar-refractivity contribution in [1.82, 2.24) is 0 Å². The lowest BCUT2D eigenvalue weighted by Crippen LogP contribution is -1.95. The molecule has 1 aliphatic carbocycles. The fourth-order valence-corrected chi connectivity index (χ4v) is 15.6. The van der Waals surface area contributed by atoms with E-state index >= 15 is 0 Å². The zero-order valence-electron chi connectivity index (χ0n) is 43.8. The zero-order valence-corrected chi connectivity index (χ0v) is 43.8. The van der Waals surface area contributed by atoms with E-state index in [1.54, 1.807) is 0 Å². The summed E-state index contributed by atoms with van der Waals surface area (Å²) >= 11 is 0. The molecule has 0 atom stereocenters. The smallest absolute Gasteiger partial charge is 0.000708 e. The fourth-order valence-electron chi connectivity index (χ4n) is 15.6. The lowest BCUT2D eigenvalue weighted by molar-refractivity contribution is 1.46. The summed E-state index contributed by atoms with van der Waals surface area (Å²) in [5, 5.41) is 29.3. The molecule has 0 aliphatic heterocycles. The van der Waals surface area contributed by atoms with Crippen LogP contribution in [0.5, 0.6) is 0 Å². The van der Waals surface area contributed by atoms with Crippen molar-refractivity contribution >= 4 is 118 Å². The molecule has 0 heterocycles. The molecule has 17 aromatic carbocycles. The molecule has 0 heteroatoms. The minimum Gasteiger partial charge on any atom is -0.0620 e. The lowest BCUT2D eigenvalue weighted by Gasteiger charge is -2.22. The van der Waals surface area contributed by atoms with E-state index in [1.807, 2.05) is 0 Å². The average molecular weight is 985 g/mol. The lowest BCUT2D eigenvalue weighted by atomic mass is 9.81. The molecular weight excluding hydrogens is 937 g/mol. The summed E-state index contributed by atoms with van der Waals surface area (Å²) in [6.07, 6.45) is 0. The minimum atomic E-state index is 1.28. The second-order valence-corrected chi connectivity index (χ2v) is 22.6. The molecule has 17 aromatic rings. The fraction of sp³-hybridized carbons (Fsp3) is 0.0513. The molecule has 0 amide bonds. The van der Waals surface area contributed by atoms with E-state index in [9.17, 15) is 0 Å². The Morgan fingerprint density at radius 3 is 1.00 bits per heavy atom. The Kier molecular flexibility index (Phi) is 8.23. The van der Waals surface area contributed by atoms with E-state index in [2.05, 4.69) is 246 Å². The number of rotatable bonds is 4. The van der Waals surface area contributed by atoms with Crippen molar-refractivity contribution < 1.29 is 0 Å². The van der Waals surface area contributed by atoms with Gasteiger partial charge in [0, 0.05) is 0 Å². The molecule has 0 saturated heterocycles. The van der Waals surface area contributed by atoms with Gasteiger partial charge in [-0.1, -0.05) is 212 Å². The molecule has 0 spiro atoms. The van der Waals surface area contributed by atoms with Gasteiger partial charge in [-0.25, -0.2) is 0 Å². The largest absolute Gasteiger partial charge is 0.0620 e. The van der Waals surface area contributed by atoms with Crippen molar-refractivity contribution in [3.8, 4) is 66.8 Å². The molecule has 0 N–H and O–H groups in total. The van der Waals surface area contributed by atoms with Crippen LogP contribution in [0.4, 0.5) is 0 Å². The molecule has 360 valence electrons. The second kappa shape index (κ2) is 15.1. The van der Waals surface area contributed by atoms with E-state index in [0.717, 1.165) is 0 Å². The summed E-state index contributed by atoms with van der Waals surface area (Å²) in [6, 6.07) is 84.0. The van der Waals surface area contributed by atoms with E-state index in [1.165, 1.54) is 208 Å². The van der Waals surface area contributed by atoms with Gasteiger partial charge in [-0.3, -0.25) is 0 Å². The molecule has 78 heavy (non-hydrogen) atoms. The van der Waals surface area contributed by atoms with Gasteiger partial charge in [0.1, 0.15) is 0 Å². The minimum absolute atomic E-state index is 1.28. The van der Waals surface area contributed by atoms with Crippen molar-refractivity contribution in [2.75, 3.05) is 0 Å². The maximum atomic E-state index is 2.57. The predicted molar refractivity (Wildman–Crippen MR) is 338 cm³/mol. The van der Waals surface area contributed by atoms with Gasteiger partial charge >= 0.3 is 0 Å². The quantitative estimate of drug-likeness (QED) is 0.122. The summed E-state index contributed by atoms with van der Waals surface area (Å²) in [5.74, 6) is 0. The molecule has 18 rings (SSSR count). The predicted octanol–water partition coefficient (Wildman–Crippen LogP) is 22.2. The first kappa shape index (κ1) is 42.6. The molecule has 0 radical (unpaired) electrons. The summed E-state index contributed by atoms with van der Waals surface area (Å²) in [7, 11) is 0. The van der Waals surface area contributed by atoms with E-state index in [-0.39, 0.29) is 0 Å². The van der Waals surface area contributed by atoms with Gasteiger partial charge in [-0.05, 0) is 241 Å². The molecule has 1 aliphatic rings. The van der Waals surface area contributed by atoms with Crippen LogP contribution in [0.25, 0.3) is 185 Å². The van der Waals surface area contributed by atoms with Crippen LogP contribution in [0.3, 0.4) is 0 Å². The maximum Gasteiger partial charge on any atom is -0.000708 e. The Morgan fingerprint density at radius 2 is 0.487 bits per heavy atom. The second-order valence-electron chi connectivity index (χ2n) is 22.6. The average Bonchev–Trinajstić information content (AvgIpc) is 3.81. The van der Waals surface area contributed by atoms with Crippen LogP contribution in [-0.2, 0) is 0 Å². The van der Waals surface area contributed by atoms with Gasteiger partial charge in [0.05, 0.1) is 0 Å². The molecule has 0 unspecified atom stereocenters. The van der Waals surface area contributed by atoms with Crippen LogP contribution in [0, 0.1) is 27.7 Å². The highest BCUT2D eigenvalue weighted by atomic mass is 14.4. The third kappa shape index (κ3) is 5.17. The van der Waals surface area contributed by atoms with Gasteiger partial charge < -0.3 is 0 Å². The van der Waals surface area contributed by atoms with Gasteiger partial charge in [0.15, 0.2) is 0 Å². The van der Waals surface area contributed by atoms with Crippen molar-refractivity contribution in [2.24, 2.45) is 0 Å². The van der Waals surface area contributed by atoms with Crippen LogP contribution in [-0.4, -0.2) is 0 Å². The molecule has 0 fully saturated rings. The van der Waals surface area contributed by atoms with E-state index in [4.69, 9.17) is 0 Å². The Morgan fingerprint density at radius 1 is 0.154 bits per heavy atom. The third-order valence-electron chi connectivity index (χ3n) is 18.8. The highest BCUT2D eigenvalue weighted by Gasteiger charge is 2.34. The zero-order chi connectivity index (χ0) is 51.4. The summed E-state index contributed by atoms with van der Waals surface area (Å²) < 4.78 is 0. The van der Waals surface area contributed by atoms with Gasteiger partial charge in [0.2, 0.25) is 0 Å². The van der Waals surface area contributed by atoms with Crippen LogP contribution >= 0.6 is 0 Å². The summed E-state index contributed by atoms with van der Waals surface area (Å²) in [4.78, 5) is 0. The first-order valence-corrected chi connectivity index (χ1v) is 27.7. The topological polar surface area (TPSA) is 0 Å². The molecule has 0 aromatic heterocycles. The molecular formula is C78H48. The highest BCUT2D eigenvalue weighted by Crippen LogP contribution is 2.62. The SMILES string of the molecule is Cc1ccccc1-c1c2c(c(-c3ccccc3C)c3ccccc13)-c1ccc3c4ccc5c6c(-c7ccccc7C)c7c(cc8c9ccccc9c9cccc7c98)c(-c7ccccc7C)c6c6ccc(c7ccc-2c1c73)c4c65. The van der Waals surface area contributed by atoms with Crippen molar-refractivity contribution in [3.63, 3.8) is 0 Å². The van der Waals surface area contributed by atoms with Gasteiger partial charge in [0.25, 0.3) is 0 Å². The molecule has 0 nitrogen and oxygen atoms in total. The normalized spacial score (nSPS) is 12.6. The number of aryl methyl sites for hydroxylation is 4. The summed E-state index contributed by atoms with van der Waals surface area (Å²) in [5.41, 5.74) is 21.0. The van der Waals surface area contributed by atoms with Gasteiger partial charge in [-0.15, -0.1) is 0 Å².